The average molecular weight is 551 g/mol. The van der Waals surface area contributed by atoms with Crippen molar-refractivity contribution in [2.75, 3.05) is 13.1 Å². The van der Waals surface area contributed by atoms with E-state index in [-0.39, 0.29) is 11.3 Å². The van der Waals surface area contributed by atoms with Crippen LogP contribution in [0.15, 0.2) is 58.2 Å². The summed E-state index contributed by atoms with van der Waals surface area (Å²) in [5.74, 6) is -2.34. The van der Waals surface area contributed by atoms with E-state index in [2.05, 4.69) is 28.1 Å². The van der Waals surface area contributed by atoms with E-state index in [0.29, 0.717) is 33.6 Å². The van der Waals surface area contributed by atoms with E-state index in [0.717, 1.165) is 30.8 Å². The molecule has 210 valence electrons. The summed E-state index contributed by atoms with van der Waals surface area (Å²) in [4.78, 5) is 16.2. The van der Waals surface area contributed by atoms with E-state index in [1.54, 1.807) is 31.3 Å². The second-order valence-corrected chi connectivity index (χ2v) is 11.9. The number of benzene rings is 2. The van der Waals surface area contributed by atoms with Gasteiger partial charge < -0.3 is 8.98 Å². The second kappa shape index (κ2) is 9.87. The Balaban J connectivity index is 1.39. The van der Waals surface area contributed by atoms with Crippen LogP contribution in [0.5, 0.6) is 0 Å². The quantitative estimate of drug-likeness (QED) is 0.274. The lowest BCUT2D eigenvalue weighted by atomic mass is 9.59. The molecule has 1 unspecified atom stereocenters. The molecule has 1 aliphatic heterocycles. The van der Waals surface area contributed by atoms with E-state index in [1.807, 2.05) is 13.0 Å². The van der Waals surface area contributed by atoms with Gasteiger partial charge in [-0.3, -0.25) is 9.69 Å². The first-order valence-corrected chi connectivity index (χ1v) is 13.8. The van der Waals surface area contributed by atoms with Crippen LogP contribution in [-0.2, 0) is 19.0 Å². The van der Waals surface area contributed by atoms with E-state index in [9.17, 15) is 13.6 Å². The van der Waals surface area contributed by atoms with Crippen molar-refractivity contribution in [3.63, 3.8) is 0 Å². The third kappa shape index (κ3) is 4.64. The van der Waals surface area contributed by atoms with Crippen LogP contribution in [0.1, 0.15) is 61.3 Å². The van der Waals surface area contributed by atoms with E-state index in [4.69, 9.17) is 4.42 Å². The summed E-state index contributed by atoms with van der Waals surface area (Å²) in [5, 5.41) is 8.07. The van der Waals surface area contributed by atoms with Crippen LogP contribution in [0.4, 0.5) is 13.2 Å². The van der Waals surface area contributed by atoms with Crippen LogP contribution in [0.25, 0.3) is 22.1 Å². The van der Waals surface area contributed by atoms with Crippen molar-refractivity contribution >= 4 is 11.0 Å². The number of piperidine rings is 1. The normalized spacial score (nSPS) is 21.3. The Morgan fingerprint density at radius 2 is 2.00 bits per heavy atom. The van der Waals surface area contributed by atoms with Crippen LogP contribution in [0, 0.1) is 12.8 Å². The minimum atomic E-state index is -2.99. The van der Waals surface area contributed by atoms with Crippen LogP contribution < -0.4 is 5.43 Å². The third-order valence-corrected chi connectivity index (χ3v) is 8.62. The summed E-state index contributed by atoms with van der Waals surface area (Å²) in [7, 11) is 1.59. The maximum Gasteiger partial charge on any atom is 0.250 e. The Hall–Kier alpha value is -3.46. The summed E-state index contributed by atoms with van der Waals surface area (Å²) in [6.07, 6.45) is 2.08. The van der Waals surface area contributed by atoms with Crippen molar-refractivity contribution < 1.29 is 17.6 Å². The van der Waals surface area contributed by atoms with Gasteiger partial charge in [-0.2, -0.15) is 0 Å². The fourth-order valence-corrected chi connectivity index (χ4v) is 6.64. The number of halogens is 3. The summed E-state index contributed by atoms with van der Waals surface area (Å²) < 4.78 is 51.9. The number of rotatable bonds is 6. The molecule has 1 saturated heterocycles. The number of nitrogens with zero attached hydrogens (tertiary/aromatic N) is 4. The van der Waals surface area contributed by atoms with Gasteiger partial charge in [0.05, 0.1) is 10.9 Å². The Bertz CT molecular complexity index is 1620. The Morgan fingerprint density at radius 3 is 2.70 bits per heavy atom. The standard InChI is InChI=1S/C31H33F3N4O2/c1-19-6-5-9-38(13-19)14-21-10-20(2)27-24(11-21)26(39)25(15-40-27)22-7-4-8-23(12-22)30(16-31(33,34)17-30)28(32)29-36-35-18-37(29)3/h4,7-8,10-12,15,18-19,28H,5-6,9,13-14,16-17H2,1-3H3/t19-,28?/m0/s1. The zero-order chi connectivity index (χ0) is 28.2. The molecule has 1 aliphatic carbocycles. The molecule has 2 aliphatic rings. The highest BCUT2D eigenvalue weighted by Crippen LogP contribution is 2.60. The third-order valence-electron chi connectivity index (χ3n) is 8.62. The number of alkyl halides is 3. The van der Waals surface area contributed by atoms with Crippen molar-refractivity contribution in [1.82, 2.24) is 19.7 Å². The lowest BCUT2D eigenvalue weighted by molar-refractivity contribution is -0.151. The van der Waals surface area contributed by atoms with Gasteiger partial charge in [-0.1, -0.05) is 37.3 Å². The summed E-state index contributed by atoms with van der Waals surface area (Å²) in [5.41, 5.74) is 2.00. The van der Waals surface area contributed by atoms with E-state index >= 15 is 4.39 Å². The predicted molar refractivity (Wildman–Crippen MR) is 147 cm³/mol. The number of fused-ring (bicyclic) bond motifs is 1. The Kier molecular flexibility index (Phi) is 6.60. The van der Waals surface area contributed by atoms with Crippen molar-refractivity contribution in [3.8, 4) is 11.1 Å². The molecule has 9 heteroatoms. The maximum absolute atomic E-state index is 15.9. The molecular formula is C31H33F3N4O2. The molecule has 40 heavy (non-hydrogen) atoms. The average Bonchev–Trinajstić information content (AvgIpc) is 3.33. The number of hydrogen-bond acceptors (Lipinski definition) is 5. The van der Waals surface area contributed by atoms with Gasteiger partial charge in [0, 0.05) is 38.4 Å². The predicted octanol–water partition coefficient (Wildman–Crippen LogP) is 6.51. The molecule has 2 aromatic carbocycles. The fraction of sp³-hybridized carbons (Fsp3) is 0.452. The second-order valence-electron chi connectivity index (χ2n) is 11.9. The molecule has 0 spiro atoms. The highest BCUT2D eigenvalue weighted by atomic mass is 19.3. The molecular weight excluding hydrogens is 517 g/mol. The first-order chi connectivity index (χ1) is 19.1. The lowest BCUT2D eigenvalue weighted by Crippen LogP contribution is -2.52. The van der Waals surface area contributed by atoms with Crippen LogP contribution >= 0.6 is 0 Å². The van der Waals surface area contributed by atoms with Gasteiger partial charge in [0.2, 0.25) is 11.4 Å². The van der Waals surface area contributed by atoms with Crippen LogP contribution in [0.3, 0.4) is 0 Å². The van der Waals surface area contributed by atoms with Crippen LogP contribution in [0.2, 0.25) is 0 Å². The van der Waals surface area contributed by atoms with E-state index in [1.165, 1.54) is 30.0 Å². The van der Waals surface area contributed by atoms with Gasteiger partial charge in [0.15, 0.2) is 12.0 Å². The van der Waals surface area contributed by atoms with Crippen molar-refractivity contribution in [1.29, 1.82) is 0 Å². The van der Waals surface area contributed by atoms with Gasteiger partial charge in [-0.15, -0.1) is 10.2 Å². The SMILES string of the molecule is Cc1cc(CN2CCC[C@H](C)C2)cc2c(=O)c(-c3cccc(C4(C(F)c5nncn5C)CC(F)(F)C4)c3)coc12. The Labute approximate surface area is 230 Å². The minimum absolute atomic E-state index is 0.00257. The molecule has 0 amide bonds. The summed E-state index contributed by atoms with van der Waals surface area (Å²) >= 11 is 0. The zero-order valence-electron chi connectivity index (χ0n) is 23.0. The molecule has 2 atom stereocenters. The van der Waals surface area contributed by atoms with Gasteiger partial charge in [-0.05, 0) is 60.5 Å². The molecule has 4 aromatic rings. The first kappa shape index (κ1) is 26.7. The highest BCUT2D eigenvalue weighted by Gasteiger charge is 2.62. The number of hydrogen-bond donors (Lipinski definition) is 0. The largest absolute Gasteiger partial charge is 0.463 e. The van der Waals surface area contributed by atoms with Gasteiger partial charge in [0.1, 0.15) is 18.2 Å². The summed E-state index contributed by atoms with van der Waals surface area (Å²) in [6, 6.07) is 10.7. The minimum Gasteiger partial charge on any atom is -0.463 e. The molecule has 0 N–H and O–H groups in total. The number of aryl methyl sites for hydroxylation is 2. The van der Waals surface area contributed by atoms with Gasteiger partial charge in [0.25, 0.3) is 0 Å². The van der Waals surface area contributed by atoms with Crippen molar-refractivity contribution in [2.24, 2.45) is 13.0 Å². The van der Waals surface area contributed by atoms with Crippen molar-refractivity contribution in [3.05, 3.63) is 81.7 Å². The fourth-order valence-electron chi connectivity index (χ4n) is 6.64. The molecule has 2 aromatic heterocycles. The molecule has 0 bridgehead atoms. The first-order valence-electron chi connectivity index (χ1n) is 13.8. The summed E-state index contributed by atoms with van der Waals surface area (Å²) in [6.45, 7) is 7.02. The molecule has 0 radical (unpaired) electrons. The van der Waals surface area contributed by atoms with E-state index < -0.39 is 30.4 Å². The number of aromatic nitrogens is 3. The zero-order valence-corrected chi connectivity index (χ0v) is 23.0. The molecule has 2 fully saturated rings. The lowest BCUT2D eigenvalue weighted by Gasteiger charge is -2.49. The maximum atomic E-state index is 15.9. The molecule has 1 saturated carbocycles. The topological polar surface area (TPSA) is 64.2 Å². The van der Waals surface area contributed by atoms with Crippen LogP contribution in [-0.4, -0.2) is 38.7 Å². The highest BCUT2D eigenvalue weighted by molar-refractivity contribution is 5.84. The van der Waals surface area contributed by atoms with Gasteiger partial charge in [-0.25, -0.2) is 13.2 Å². The molecule has 3 heterocycles. The molecule has 6 nitrogen and oxygen atoms in total. The number of likely N-dealkylation sites (tertiary alicyclic amines) is 1. The monoisotopic (exact) mass is 550 g/mol. The molecule has 6 rings (SSSR count). The van der Waals surface area contributed by atoms with Gasteiger partial charge >= 0.3 is 0 Å². The Morgan fingerprint density at radius 1 is 1.20 bits per heavy atom. The van der Waals surface area contributed by atoms with Crippen molar-refractivity contribution in [2.45, 2.75) is 63.6 Å². The smallest absolute Gasteiger partial charge is 0.250 e.